The van der Waals surface area contributed by atoms with E-state index in [0.29, 0.717) is 24.0 Å². The zero-order chi connectivity index (χ0) is 25.2. The van der Waals surface area contributed by atoms with Gasteiger partial charge < -0.3 is 15.4 Å². The van der Waals surface area contributed by atoms with E-state index < -0.39 is 6.04 Å². The van der Waals surface area contributed by atoms with E-state index in [0.717, 1.165) is 53.6 Å². The van der Waals surface area contributed by atoms with E-state index in [2.05, 4.69) is 39.2 Å². The first-order valence-electron chi connectivity index (χ1n) is 12.4. The minimum atomic E-state index is -0.471. The van der Waals surface area contributed by atoms with Gasteiger partial charge in [0.25, 0.3) is 0 Å². The van der Waals surface area contributed by atoms with Gasteiger partial charge in [-0.1, -0.05) is 23.7 Å². The number of ether oxygens (including phenoxy) is 1. The Balaban J connectivity index is 1.41. The van der Waals surface area contributed by atoms with Crippen molar-refractivity contribution in [2.24, 2.45) is 4.99 Å². The maximum atomic E-state index is 13.0. The van der Waals surface area contributed by atoms with Crippen LogP contribution in [0.5, 0.6) is 0 Å². The van der Waals surface area contributed by atoms with Gasteiger partial charge in [0.05, 0.1) is 24.8 Å². The topological polar surface area (TPSA) is 93.4 Å². The maximum Gasteiger partial charge on any atom is 0.222 e. The van der Waals surface area contributed by atoms with Crippen molar-refractivity contribution in [3.05, 3.63) is 62.5 Å². The molecule has 8 nitrogen and oxygen atoms in total. The number of piperidine rings is 1. The van der Waals surface area contributed by atoms with Gasteiger partial charge in [0, 0.05) is 27.6 Å². The van der Waals surface area contributed by atoms with Crippen LogP contribution in [0, 0.1) is 20.8 Å². The number of carbonyl (C=O) groups is 1. The van der Waals surface area contributed by atoms with Gasteiger partial charge >= 0.3 is 0 Å². The number of amides is 1. The molecule has 1 amide bonds. The quantitative estimate of drug-likeness (QED) is 0.453. The fraction of sp³-hybridized carbons (Fsp3) is 0.462. The van der Waals surface area contributed by atoms with Crippen LogP contribution in [0.25, 0.3) is 5.00 Å². The number of fused-ring (bicyclic) bond motifs is 3. The zero-order valence-corrected chi connectivity index (χ0v) is 22.4. The molecule has 1 fully saturated rings. The number of aromatic nitrogens is 3. The summed E-state index contributed by atoms with van der Waals surface area (Å²) in [4.78, 5) is 19.4. The third kappa shape index (κ3) is 5.11. The number of nitrogens with zero attached hydrogens (tertiary/aromatic N) is 4. The average Bonchev–Trinajstić information content (AvgIpc) is 3.35. The van der Waals surface area contributed by atoms with Crippen molar-refractivity contribution in [3.8, 4) is 5.00 Å². The summed E-state index contributed by atoms with van der Waals surface area (Å²) >= 11 is 7.87. The van der Waals surface area contributed by atoms with E-state index in [1.54, 1.807) is 11.3 Å². The first kappa shape index (κ1) is 25.1. The van der Waals surface area contributed by atoms with Gasteiger partial charge in [0.2, 0.25) is 5.91 Å². The predicted octanol–water partition coefficient (Wildman–Crippen LogP) is 4.07. The molecule has 1 aromatic carbocycles. The molecule has 0 radical (unpaired) electrons. The molecule has 2 N–H and O–H groups in total. The number of hydrogen-bond donors (Lipinski definition) is 2. The minimum Gasteiger partial charge on any atom is -0.376 e. The molecule has 0 saturated carbocycles. The van der Waals surface area contributed by atoms with E-state index in [4.69, 9.17) is 21.3 Å². The van der Waals surface area contributed by atoms with Crippen LogP contribution in [-0.4, -0.2) is 58.7 Å². The molecule has 4 heterocycles. The lowest BCUT2D eigenvalue weighted by Gasteiger charge is -2.23. The number of nitrogens with one attached hydrogen (secondary N) is 2. The summed E-state index contributed by atoms with van der Waals surface area (Å²) in [6.07, 6.45) is 2.46. The molecule has 0 spiro atoms. The van der Waals surface area contributed by atoms with Crippen LogP contribution in [0.3, 0.4) is 0 Å². The number of carbonyl (C=O) groups excluding carboxylic acids is 1. The second-order valence-electron chi connectivity index (χ2n) is 9.28. The number of rotatable bonds is 7. The van der Waals surface area contributed by atoms with Crippen molar-refractivity contribution in [1.29, 1.82) is 0 Å². The Hall–Kier alpha value is -2.59. The van der Waals surface area contributed by atoms with Crippen LogP contribution in [-0.2, 0) is 9.53 Å². The molecular weight excluding hydrogens is 496 g/mol. The molecule has 2 aromatic heterocycles. The number of halogens is 1. The molecule has 0 bridgehead atoms. The molecule has 0 unspecified atom stereocenters. The molecule has 5 rings (SSSR count). The second kappa shape index (κ2) is 10.8. The molecule has 36 heavy (non-hydrogen) atoms. The Morgan fingerprint density at radius 1 is 1.19 bits per heavy atom. The molecule has 10 heteroatoms. The average molecular weight is 527 g/mol. The van der Waals surface area contributed by atoms with Crippen LogP contribution in [0.4, 0.5) is 0 Å². The zero-order valence-electron chi connectivity index (χ0n) is 20.8. The van der Waals surface area contributed by atoms with E-state index in [9.17, 15) is 4.79 Å². The minimum absolute atomic E-state index is 0.0847. The molecular formula is C26H31ClN6O2S. The fourth-order valence-electron chi connectivity index (χ4n) is 4.76. The van der Waals surface area contributed by atoms with Crippen molar-refractivity contribution in [3.63, 3.8) is 0 Å². The van der Waals surface area contributed by atoms with Crippen LogP contribution in [0.1, 0.15) is 58.5 Å². The summed E-state index contributed by atoms with van der Waals surface area (Å²) < 4.78 is 7.99. The van der Waals surface area contributed by atoms with Crippen LogP contribution in [0.2, 0.25) is 5.02 Å². The summed E-state index contributed by atoms with van der Waals surface area (Å²) in [5, 5.41) is 16.9. The number of aliphatic imine (C=N–C) groups is 1. The highest BCUT2D eigenvalue weighted by Crippen LogP contribution is 2.39. The van der Waals surface area contributed by atoms with Gasteiger partial charge in [-0.25, -0.2) is 0 Å². The van der Waals surface area contributed by atoms with E-state index in [-0.39, 0.29) is 18.4 Å². The Bertz CT molecular complexity index is 1280. The van der Waals surface area contributed by atoms with Crippen LogP contribution >= 0.6 is 22.9 Å². The molecule has 2 aliphatic heterocycles. The monoisotopic (exact) mass is 526 g/mol. The molecule has 190 valence electrons. The van der Waals surface area contributed by atoms with Crippen molar-refractivity contribution in [2.45, 2.75) is 52.2 Å². The maximum absolute atomic E-state index is 13.0. The summed E-state index contributed by atoms with van der Waals surface area (Å²) in [5.74, 6) is 1.37. The lowest BCUT2D eigenvalue weighted by molar-refractivity contribution is -0.121. The third-order valence-corrected chi connectivity index (χ3v) is 8.24. The van der Waals surface area contributed by atoms with Gasteiger partial charge in [-0.3, -0.25) is 14.4 Å². The summed E-state index contributed by atoms with van der Waals surface area (Å²) in [6.45, 7) is 9.11. The highest BCUT2D eigenvalue weighted by molar-refractivity contribution is 7.15. The molecule has 3 aromatic rings. The van der Waals surface area contributed by atoms with Crippen molar-refractivity contribution >= 4 is 34.6 Å². The lowest BCUT2D eigenvalue weighted by atomic mass is 9.99. The number of thiophene rings is 1. The molecule has 0 aliphatic carbocycles. The van der Waals surface area contributed by atoms with E-state index in [1.807, 2.05) is 31.2 Å². The SMILES string of the molecule is Cc1sc2c(c1C)C(c1ccc(Cl)cc1)=N[C@@H](CC(=O)NCCOC1CCNCC1)c1nnc(C)n1-2. The smallest absolute Gasteiger partial charge is 0.222 e. The van der Waals surface area contributed by atoms with Gasteiger partial charge in [0.1, 0.15) is 16.9 Å². The largest absolute Gasteiger partial charge is 0.376 e. The number of aryl methyl sites for hydroxylation is 2. The number of benzene rings is 1. The number of hydrogen-bond acceptors (Lipinski definition) is 7. The first-order valence-corrected chi connectivity index (χ1v) is 13.6. The highest BCUT2D eigenvalue weighted by Gasteiger charge is 2.32. The van der Waals surface area contributed by atoms with Gasteiger partial charge in [-0.15, -0.1) is 21.5 Å². The molecule has 1 saturated heterocycles. The van der Waals surface area contributed by atoms with Gasteiger partial charge in [-0.05, 0) is 64.4 Å². The molecule has 1 atom stereocenters. The third-order valence-electron chi connectivity index (χ3n) is 6.80. The second-order valence-corrected chi connectivity index (χ2v) is 10.9. The van der Waals surface area contributed by atoms with Crippen molar-refractivity contribution < 1.29 is 9.53 Å². The summed E-state index contributed by atoms with van der Waals surface area (Å²) in [5.41, 5.74) is 4.03. The molecule has 2 aliphatic rings. The summed E-state index contributed by atoms with van der Waals surface area (Å²) in [6, 6.07) is 7.22. The Labute approximate surface area is 220 Å². The van der Waals surface area contributed by atoms with E-state index >= 15 is 0 Å². The van der Waals surface area contributed by atoms with Crippen LogP contribution < -0.4 is 10.6 Å². The fourth-order valence-corrected chi connectivity index (χ4v) is 6.10. The van der Waals surface area contributed by atoms with Crippen molar-refractivity contribution in [1.82, 2.24) is 25.4 Å². The van der Waals surface area contributed by atoms with Crippen LogP contribution in [0.15, 0.2) is 29.3 Å². The lowest BCUT2D eigenvalue weighted by Crippen LogP contribution is -2.35. The Morgan fingerprint density at radius 3 is 2.69 bits per heavy atom. The van der Waals surface area contributed by atoms with E-state index in [1.165, 1.54) is 10.4 Å². The summed E-state index contributed by atoms with van der Waals surface area (Å²) in [7, 11) is 0. The van der Waals surface area contributed by atoms with Crippen molar-refractivity contribution in [2.75, 3.05) is 26.2 Å². The first-order chi connectivity index (χ1) is 17.4. The standard InChI is InChI=1S/C26H31ClN6O2S/c1-15-16(2)36-26-23(15)24(18-4-6-19(27)7-5-18)30-21(25-32-31-17(3)33(25)26)14-22(34)29-12-13-35-20-8-10-28-11-9-20/h4-7,20-21,28H,8-14H2,1-3H3,(H,29,34)/t21-/m0/s1. The predicted molar refractivity (Wildman–Crippen MR) is 143 cm³/mol. The highest BCUT2D eigenvalue weighted by atomic mass is 35.5. The normalized spacial score (nSPS) is 17.8. The Morgan fingerprint density at radius 2 is 1.94 bits per heavy atom. The Kier molecular flexibility index (Phi) is 7.52. The van der Waals surface area contributed by atoms with Gasteiger partial charge in [0.15, 0.2) is 5.82 Å². The van der Waals surface area contributed by atoms with Gasteiger partial charge in [-0.2, -0.15) is 0 Å².